The molecule has 72 heavy (non-hydrogen) atoms. The fourth-order valence-electron chi connectivity index (χ4n) is 6.53. The third-order valence-electron chi connectivity index (χ3n) is 10.2. The van der Waals surface area contributed by atoms with Gasteiger partial charge in [-0.15, -0.1) is 19.3 Å². The lowest BCUT2D eigenvalue weighted by Gasteiger charge is -2.19. The predicted octanol–water partition coefficient (Wildman–Crippen LogP) is 1.25. The molecule has 3 amide bonds. The number of aliphatic hydroxyl groups is 3. The van der Waals surface area contributed by atoms with Crippen molar-refractivity contribution in [2.24, 2.45) is 0 Å². The molecule has 4 rings (SSSR count). The number of nitrogens with zero attached hydrogens (tertiary/aromatic N) is 3. The molecule has 3 atom stereocenters. The van der Waals surface area contributed by atoms with Gasteiger partial charge in [-0.3, -0.25) is 28.8 Å². The van der Waals surface area contributed by atoms with Gasteiger partial charge in [-0.2, -0.15) is 0 Å². The van der Waals surface area contributed by atoms with E-state index >= 15 is 0 Å². The highest BCUT2D eigenvalue weighted by atomic mass is 16.5. The molecule has 1 aromatic heterocycles. The van der Waals surface area contributed by atoms with Crippen molar-refractivity contribution in [3.63, 3.8) is 0 Å². The van der Waals surface area contributed by atoms with E-state index in [1.165, 1.54) is 0 Å². The van der Waals surface area contributed by atoms with Crippen molar-refractivity contribution in [1.29, 1.82) is 0 Å². The van der Waals surface area contributed by atoms with Gasteiger partial charge in [-0.1, -0.05) is 17.8 Å². The third-order valence-corrected chi connectivity index (χ3v) is 10.2. The SMILES string of the molecule is C#Cc1ccc(NC(=O)CCCC(=O)OCC(O)Cn2c(=O)n(CC(O)COC(=O)CCCC(=O)Nc3ccc(C#C)cc3)c(=O)n(CC(O)COC(=O)CCCC(=O)Nc3ccc(C#C)cc3)c2=O)cc1. The molecule has 3 unspecified atom stereocenters. The van der Waals surface area contributed by atoms with E-state index < -0.39 is 110 Å². The summed E-state index contributed by atoms with van der Waals surface area (Å²) in [4.78, 5) is 115. The first-order valence-electron chi connectivity index (χ1n) is 22.5. The Balaban J connectivity index is 1.35. The van der Waals surface area contributed by atoms with Crippen LogP contribution in [0.15, 0.2) is 87.2 Å². The van der Waals surface area contributed by atoms with E-state index in [0.717, 1.165) is 0 Å². The van der Waals surface area contributed by atoms with Crippen molar-refractivity contribution in [2.45, 2.75) is 95.7 Å². The first-order chi connectivity index (χ1) is 34.5. The maximum Gasteiger partial charge on any atom is 0.336 e. The third kappa shape index (κ3) is 19.1. The number of carbonyl (C=O) groups is 6. The van der Waals surface area contributed by atoms with Crippen molar-refractivity contribution in [1.82, 2.24) is 13.7 Å². The molecule has 0 aliphatic rings. The highest BCUT2D eigenvalue weighted by Gasteiger charge is 2.23. The van der Waals surface area contributed by atoms with Crippen LogP contribution in [0.5, 0.6) is 0 Å². The molecule has 0 aliphatic heterocycles. The summed E-state index contributed by atoms with van der Waals surface area (Å²) in [5.41, 5.74) is -0.682. The molecule has 6 N–H and O–H groups in total. The zero-order valence-electron chi connectivity index (χ0n) is 39.1. The summed E-state index contributed by atoms with van der Waals surface area (Å²) >= 11 is 0. The highest BCUT2D eigenvalue weighted by molar-refractivity contribution is 5.92. The molecule has 0 bridgehead atoms. The number of carbonyl (C=O) groups excluding carboxylic acids is 6. The Bertz CT molecular complexity index is 2510. The topological polar surface area (TPSA) is 293 Å². The number of amides is 3. The van der Waals surface area contributed by atoms with Crippen molar-refractivity contribution in [3.05, 3.63) is 121 Å². The Morgan fingerprint density at radius 2 is 0.667 bits per heavy atom. The molecular weight excluding hydrogens is 937 g/mol. The maximum atomic E-state index is 13.6. The summed E-state index contributed by atoms with van der Waals surface area (Å²) in [6, 6.07) is 19.5. The Morgan fingerprint density at radius 1 is 0.431 bits per heavy atom. The number of aromatic nitrogens is 3. The number of ether oxygens (including phenoxy) is 3. The molecule has 0 saturated carbocycles. The second-order valence-electron chi connectivity index (χ2n) is 16.1. The summed E-state index contributed by atoms with van der Waals surface area (Å²) in [6.45, 7) is -4.81. The molecule has 0 aliphatic carbocycles. The fourth-order valence-corrected chi connectivity index (χ4v) is 6.53. The molecule has 0 radical (unpaired) electrons. The number of hydrogen-bond acceptors (Lipinski definition) is 15. The van der Waals surface area contributed by atoms with Crippen LogP contribution in [0.3, 0.4) is 0 Å². The Morgan fingerprint density at radius 3 is 0.889 bits per heavy atom. The predicted molar refractivity (Wildman–Crippen MR) is 261 cm³/mol. The van der Waals surface area contributed by atoms with Gasteiger partial charge in [0, 0.05) is 72.3 Å². The molecule has 0 saturated heterocycles. The van der Waals surface area contributed by atoms with E-state index in [-0.39, 0.29) is 57.8 Å². The van der Waals surface area contributed by atoms with E-state index in [1.54, 1.807) is 72.8 Å². The lowest BCUT2D eigenvalue weighted by molar-refractivity contribution is -0.147. The Labute approximate surface area is 413 Å². The van der Waals surface area contributed by atoms with Crippen LogP contribution in [0.2, 0.25) is 0 Å². The van der Waals surface area contributed by atoms with Crippen molar-refractivity contribution in [3.8, 4) is 37.0 Å². The van der Waals surface area contributed by atoms with E-state index in [2.05, 4.69) is 33.7 Å². The average Bonchev–Trinajstić information content (AvgIpc) is 3.36. The number of terminal acetylenes is 3. The standard InChI is InChI=1S/C51H54N6O15/c1-4-34-16-22-37(23-17-34)52-43(61)10-7-13-46(64)70-31-40(58)28-55-49(67)56(29-41(59)32-71-47(65)14-8-11-44(62)53-38-24-18-35(5-2)19-25-38)51(69)57(50(55)68)30-42(60)33-72-48(66)15-9-12-45(63)54-39-26-20-36(6-3)21-27-39/h1-3,16-27,40-42,58-60H,7-15,28-33H2,(H,52,61)(H,53,62)(H,54,63). The number of benzene rings is 3. The number of aliphatic hydroxyl groups excluding tert-OH is 3. The zero-order valence-corrected chi connectivity index (χ0v) is 39.1. The molecule has 378 valence electrons. The highest BCUT2D eigenvalue weighted by Crippen LogP contribution is 2.13. The van der Waals surface area contributed by atoms with Gasteiger partial charge in [0.15, 0.2) is 0 Å². The Kier molecular flexibility index (Phi) is 22.4. The van der Waals surface area contributed by atoms with E-state index in [9.17, 15) is 58.5 Å². The smallest absolute Gasteiger partial charge is 0.336 e. The fraction of sp³-hybridized carbons (Fsp3) is 0.353. The number of rotatable bonds is 27. The zero-order chi connectivity index (χ0) is 52.6. The first kappa shape index (κ1) is 56.0. The van der Waals surface area contributed by atoms with Crippen LogP contribution in [0.25, 0.3) is 0 Å². The van der Waals surface area contributed by atoms with Crippen LogP contribution >= 0.6 is 0 Å². The molecule has 0 spiro atoms. The number of esters is 3. The van der Waals surface area contributed by atoms with E-state index in [0.29, 0.717) is 47.5 Å². The summed E-state index contributed by atoms with van der Waals surface area (Å²) < 4.78 is 16.4. The molecule has 21 heteroatoms. The largest absolute Gasteiger partial charge is 0.463 e. The minimum Gasteiger partial charge on any atom is -0.463 e. The van der Waals surface area contributed by atoms with Gasteiger partial charge in [0.05, 0.1) is 19.6 Å². The van der Waals surface area contributed by atoms with Crippen LogP contribution in [-0.2, 0) is 62.6 Å². The van der Waals surface area contributed by atoms with Gasteiger partial charge >= 0.3 is 35.0 Å². The number of anilines is 3. The molecule has 21 nitrogen and oxygen atoms in total. The van der Waals surface area contributed by atoms with Gasteiger partial charge < -0.3 is 45.5 Å². The normalized spacial score (nSPS) is 11.8. The van der Waals surface area contributed by atoms with E-state index in [4.69, 9.17) is 33.5 Å². The van der Waals surface area contributed by atoms with Gasteiger partial charge in [0.2, 0.25) is 17.7 Å². The number of hydrogen-bond donors (Lipinski definition) is 6. The van der Waals surface area contributed by atoms with Crippen molar-refractivity contribution >= 4 is 52.7 Å². The molecule has 0 fully saturated rings. The molecule has 1 heterocycles. The monoisotopic (exact) mass is 990 g/mol. The van der Waals surface area contributed by atoms with Crippen molar-refractivity contribution < 1.29 is 58.3 Å². The summed E-state index contributed by atoms with van der Waals surface area (Å²) in [5.74, 6) is 3.73. The van der Waals surface area contributed by atoms with Gasteiger partial charge in [-0.25, -0.2) is 28.1 Å². The van der Waals surface area contributed by atoms with Gasteiger partial charge in [0.25, 0.3) is 0 Å². The minimum atomic E-state index is -1.73. The van der Waals surface area contributed by atoms with Gasteiger partial charge in [0.1, 0.15) is 38.1 Å². The molecular formula is C51H54N6O15. The molecule has 4 aromatic rings. The van der Waals surface area contributed by atoms with Crippen molar-refractivity contribution in [2.75, 3.05) is 35.8 Å². The average molecular weight is 991 g/mol. The van der Waals surface area contributed by atoms with E-state index in [1.807, 2.05) is 0 Å². The summed E-state index contributed by atoms with van der Waals surface area (Å²) in [5, 5.41) is 40.4. The van der Waals surface area contributed by atoms with Crippen LogP contribution in [0.1, 0.15) is 74.5 Å². The quantitative estimate of drug-likeness (QED) is 0.0279. The summed E-state index contributed by atoms with van der Waals surface area (Å²) in [6.07, 6.45) is 10.1. The second kappa shape index (κ2) is 28.8. The number of nitrogens with one attached hydrogen (secondary N) is 3. The minimum absolute atomic E-state index is 0.0614. The van der Waals surface area contributed by atoms with Crippen LogP contribution < -0.4 is 33.0 Å². The summed E-state index contributed by atoms with van der Waals surface area (Å²) in [7, 11) is 0. The van der Waals surface area contributed by atoms with Gasteiger partial charge in [-0.05, 0) is 92.1 Å². The second-order valence-corrected chi connectivity index (χ2v) is 16.1. The Hall–Kier alpha value is -8.55. The van der Waals surface area contributed by atoms with Crippen LogP contribution in [0.4, 0.5) is 17.1 Å². The lowest BCUT2D eigenvalue weighted by Crippen LogP contribution is -2.57. The van der Waals surface area contributed by atoms with Crippen LogP contribution in [-0.4, -0.2) is 103 Å². The first-order valence-corrected chi connectivity index (χ1v) is 22.5. The maximum absolute atomic E-state index is 13.6. The van der Waals surface area contributed by atoms with Crippen LogP contribution in [0, 0.1) is 37.0 Å². The lowest BCUT2D eigenvalue weighted by atomic mass is 10.2. The molecule has 3 aromatic carbocycles.